The van der Waals surface area contributed by atoms with Crippen LogP contribution in [0.15, 0.2) is 24.3 Å². The van der Waals surface area contributed by atoms with E-state index in [1.165, 1.54) is 12.1 Å². The maximum absolute atomic E-state index is 14.0. The van der Waals surface area contributed by atoms with E-state index in [9.17, 15) is 4.39 Å². The van der Waals surface area contributed by atoms with Crippen LogP contribution >= 0.6 is 0 Å². The maximum Gasteiger partial charge on any atom is 0.239 e. The van der Waals surface area contributed by atoms with E-state index in [0.717, 1.165) is 66.5 Å². The van der Waals surface area contributed by atoms with Crippen molar-refractivity contribution in [3.63, 3.8) is 0 Å². The summed E-state index contributed by atoms with van der Waals surface area (Å²) in [5.41, 5.74) is 5.15. The van der Waals surface area contributed by atoms with Crippen LogP contribution in [0.3, 0.4) is 0 Å². The number of halogens is 1. The molecule has 0 spiro atoms. The fourth-order valence-corrected chi connectivity index (χ4v) is 5.73. The number of anilines is 2. The van der Waals surface area contributed by atoms with Crippen LogP contribution in [0.2, 0.25) is 0 Å². The molecule has 0 unspecified atom stereocenters. The first-order valence-electron chi connectivity index (χ1n) is 13.3. The van der Waals surface area contributed by atoms with Gasteiger partial charge in [0, 0.05) is 37.0 Å². The zero-order valence-corrected chi connectivity index (χ0v) is 22.3. The largest absolute Gasteiger partial charge is 0.377 e. The molecule has 2 N–H and O–H groups in total. The number of imidazole rings is 1. The molecular formula is C27H34FN9O. The Bertz CT molecular complexity index is 1470. The van der Waals surface area contributed by atoms with Crippen molar-refractivity contribution in [3.8, 4) is 17.2 Å². The summed E-state index contributed by atoms with van der Waals surface area (Å²) in [7, 11) is 1.79. The van der Waals surface area contributed by atoms with Crippen LogP contribution in [0.1, 0.15) is 37.2 Å². The number of morpholine rings is 1. The van der Waals surface area contributed by atoms with Gasteiger partial charge >= 0.3 is 0 Å². The van der Waals surface area contributed by atoms with Gasteiger partial charge in [0.15, 0.2) is 0 Å². The lowest BCUT2D eigenvalue weighted by Gasteiger charge is -2.34. The number of hydrogen-bond donors (Lipinski definition) is 2. The van der Waals surface area contributed by atoms with Gasteiger partial charge in [-0.25, -0.2) is 18.9 Å². The van der Waals surface area contributed by atoms with Crippen LogP contribution in [0, 0.1) is 19.7 Å². The number of aryl methyl sites for hydroxylation is 1. The zero-order valence-electron chi connectivity index (χ0n) is 22.3. The molecule has 0 aliphatic carbocycles. The molecule has 0 radical (unpaired) electrons. The van der Waals surface area contributed by atoms with E-state index in [1.807, 2.05) is 11.5 Å². The number of aromatic nitrogens is 6. The lowest BCUT2D eigenvalue weighted by Crippen LogP contribution is -2.44. The number of rotatable bonds is 5. The fourth-order valence-electron chi connectivity index (χ4n) is 5.73. The Morgan fingerprint density at radius 2 is 1.92 bits per heavy atom. The van der Waals surface area contributed by atoms with Crippen LogP contribution in [0.25, 0.3) is 28.2 Å². The summed E-state index contributed by atoms with van der Waals surface area (Å²) in [5, 5.41) is 11.5. The molecule has 11 heteroatoms. The molecule has 1 aromatic carbocycles. The summed E-state index contributed by atoms with van der Waals surface area (Å²) >= 11 is 0. The average Bonchev–Trinajstić information content (AvgIpc) is 3.44. The number of piperidine rings is 1. The summed E-state index contributed by atoms with van der Waals surface area (Å²) in [6, 6.07) is 7.18. The van der Waals surface area contributed by atoms with Crippen LogP contribution in [0.5, 0.6) is 0 Å². The highest BCUT2D eigenvalue weighted by Crippen LogP contribution is 2.34. The monoisotopic (exact) mass is 519 g/mol. The Kier molecular flexibility index (Phi) is 6.48. The fraction of sp³-hybridized carbons (Fsp3) is 0.481. The number of benzene rings is 1. The highest BCUT2D eigenvalue weighted by Gasteiger charge is 2.27. The van der Waals surface area contributed by atoms with Gasteiger partial charge in [0.25, 0.3) is 0 Å². The van der Waals surface area contributed by atoms with Crippen molar-refractivity contribution in [2.75, 3.05) is 50.1 Å². The molecule has 5 heterocycles. The average molecular weight is 520 g/mol. The first kappa shape index (κ1) is 24.7. The minimum absolute atomic E-state index is 0.163. The van der Waals surface area contributed by atoms with Crippen molar-refractivity contribution in [3.05, 3.63) is 41.5 Å². The van der Waals surface area contributed by atoms with Crippen LogP contribution in [-0.4, -0.2) is 75.2 Å². The third kappa shape index (κ3) is 4.29. The third-order valence-corrected chi connectivity index (χ3v) is 7.64. The molecule has 0 amide bonds. The Morgan fingerprint density at radius 1 is 1.11 bits per heavy atom. The van der Waals surface area contributed by atoms with Crippen molar-refractivity contribution in [2.24, 2.45) is 0 Å². The second kappa shape index (κ2) is 9.95. The van der Waals surface area contributed by atoms with Crippen molar-refractivity contribution >= 4 is 22.8 Å². The van der Waals surface area contributed by atoms with E-state index in [4.69, 9.17) is 19.8 Å². The van der Waals surface area contributed by atoms with Crippen molar-refractivity contribution in [1.82, 2.24) is 34.6 Å². The second-order valence-electron chi connectivity index (χ2n) is 10.2. The van der Waals surface area contributed by atoms with E-state index in [1.54, 1.807) is 13.1 Å². The van der Waals surface area contributed by atoms with Gasteiger partial charge in [-0.2, -0.15) is 10.1 Å². The predicted molar refractivity (Wildman–Crippen MR) is 146 cm³/mol. The molecule has 2 saturated heterocycles. The first-order valence-corrected chi connectivity index (χ1v) is 13.3. The van der Waals surface area contributed by atoms with Gasteiger partial charge in [0.1, 0.15) is 11.6 Å². The molecule has 2 aliphatic heterocycles. The van der Waals surface area contributed by atoms with Gasteiger partial charge in [-0.1, -0.05) is 0 Å². The highest BCUT2D eigenvalue weighted by molar-refractivity contribution is 5.81. The Hall–Kier alpha value is -3.57. The number of ether oxygens (including phenoxy) is 1. The molecular weight excluding hydrogens is 485 g/mol. The molecule has 6 rings (SSSR count). The van der Waals surface area contributed by atoms with E-state index in [0.29, 0.717) is 36.7 Å². The number of hydrogen-bond acceptors (Lipinski definition) is 8. The van der Waals surface area contributed by atoms with Crippen molar-refractivity contribution in [1.29, 1.82) is 0 Å². The summed E-state index contributed by atoms with van der Waals surface area (Å²) in [4.78, 5) is 17.0. The lowest BCUT2D eigenvalue weighted by molar-refractivity contribution is 0.0985. The molecule has 200 valence electrons. The number of fused-ring (bicyclic) bond motifs is 1. The maximum atomic E-state index is 14.0. The SMILES string of the molecule is CNc1nc2cc(F)ccc2n1-c1nc(-c2c(C)nn(C3CCNCC3)c2C)cc(N2CCOC[C@H]2C)n1. The molecule has 0 bridgehead atoms. The number of nitrogens with zero attached hydrogens (tertiary/aromatic N) is 7. The van der Waals surface area contributed by atoms with Crippen molar-refractivity contribution < 1.29 is 9.13 Å². The van der Waals surface area contributed by atoms with Gasteiger partial charge in [-0.05, 0) is 58.8 Å². The summed E-state index contributed by atoms with van der Waals surface area (Å²) in [6.45, 7) is 10.3. The quantitative estimate of drug-likeness (QED) is 0.413. The van der Waals surface area contributed by atoms with E-state index < -0.39 is 0 Å². The van der Waals surface area contributed by atoms with E-state index in [2.05, 4.69) is 45.1 Å². The molecule has 4 aromatic rings. The summed E-state index contributed by atoms with van der Waals surface area (Å²) < 4.78 is 23.8. The molecule has 3 aromatic heterocycles. The van der Waals surface area contributed by atoms with Crippen LogP contribution in [-0.2, 0) is 4.74 Å². The molecule has 1 atom stereocenters. The Balaban J connectivity index is 1.55. The Labute approximate surface area is 221 Å². The molecule has 10 nitrogen and oxygen atoms in total. The topological polar surface area (TPSA) is 98.0 Å². The van der Waals surface area contributed by atoms with Crippen molar-refractivity contribution in [2.45, 2.75) is 45.7 Å². The smallest absolute Gasteiger partial charge is 0.239 e. The minimum atomic E-state index is -0.334. The van der Waals surface area contributed by atoms with Gasteiger partial charge in [-0.3, -0.25) is 4.68 Å². The molecule has 2 aliphatic rings. The predicted octanol–water partition coefficient (Wildman–Crippen LogP) is 3.63. The lowest BCUT2D eigenvalue weighted by atomic mass is 10.1. The van der Waals surface area contributed by atoms with Gasteiger partial charge in [0.2, 0.25) is 11.9 Å². The first-order chi connectivity index (χ1) is 18.4. The van der Waals surface area contributed by atoms with Gasteiger partial charge < -0.3 is 20.3 Å². The molecule has 0 saturated carbocycles. The molecule has 38 heavy (non-hydrogen) atoms. The summed E-state index contributed by atoms with van der Waals surface area (Å²) in [5.74, 6) is 1.50. The molecule has 2 fully saturated rings. The second-order valence-corrected chi connectivity index (χ2v) is 10.2. The summed E-state index contributed by atoms with van der Waals surface area (Å²) in [6.07, 6.45) is 2.10. The third-order valence-electron chi connectivity index (χ3n) is 7.64. The van der Waals surface area contributed by atoms with E-state index >= 15 is 0 Å². The highest BCUT2D eigenvalue weighted by atomic mass is 19.1. The normalized spacial score (nSPS) is 18.9. The van der Waals surface area contributed by atoms with Gasteiger partial charge in [-0.15, -0.1) is 0 Å². The zero-order chi connectivity index (χ0) is 26.4. The van der Waals surface area contributed by atoms with Gasteiger partial charge in [0.05, 0.1) is 47.7 Å². The minimum Gasteiger partial charge on any atom is -0.377 e. The van der Waals surface area contributed by atoms with Crippen LogP contribution in [0.4, 0.5) is 16.2 Å². The number of nitrogens with one attached hydrogen (secondary N) is 2. The van der Waals surface area contributed by atoms with Crippen LogP contribution < -0.4 is 15.5 Å². The van der Waals surface area contributed by atoms with E-state index in [-0.39, 0.29) is 11.9 Å². The standard InChI is InChI=1S/C27H34FN9O/c1-16-15-38-12-11-35(16)24-14-22(25-17(2)34-37(18(25)3)20-7-9-30-10-8-20)32-27(33-24)36-23-6-5-19(28)13-21(23)31-26(36)29-4/h5-6,13-14,16,20,30H,7-12,15H2,1-4H3,(H,29,31)/t16-/m1/s1. The Morgan fingerprint density at radius 3 is 2.68 bits per heavy atom.